The number of hydrogen-bond acceptors (Lipinski definition) is 9. The lowest BCUT2D eigenvalue weighted by Crippen LogP contribution is -2.30. The van der Waals surface area contributed by atoms with Crippen LogP contribution in [0.4, 0.5) is 0 Å². The van der Waals surface area contributed by atoms with Gasteiger partial charge in [-0.15, -0.1) is 10.2 Å². The molecule has 0 saturated heterocycles. The van der Waals surface area contributed by atoms with Crippen molar-refractivity contribution in [2.24, 2.45) is 17.6 Å². The minimum Gasteiger partial charge on any atom is -0.346 e. The van der Waals surface area contributed by atoms with Gasteiger partial charge in [0.1, 0.15) is 35.0 Å². The topological polar surface area (TPSA) is 190 Å². The Hall–Kier alpha value is -3.95. The van der Waals surface area contributed by atoms with Gasteiger partial charge in [0, 0.05) is 41.5 Å². The lowest BCUT2D eigenvalue weighted by atomic mass is 9.80. The number of hydrogen-bond donors (Lipinski definition) is 4. The van der Waals surface area contributed by atoms with Gasteiger partial charge in [-0.25, -0.2) is 32.1 Å². The molecule has 0 aliphatic heterocycles. The van der Waals surface area contributed by atoms with Crippen LogP contribution in [0.25, 0.3) is 33.1 Å². The van der Waals surface area contributed by atoms with Crippen molar-refractivity contribution in [2.75, 3.05) is 19.3 Å². The van der Waals surface area contributed by atoms with Crippen molar-refractivity contribution in [3.63, 3.8) is 0 Å². The fourth-order valence-electron chi connectivity index (χ4n) is 6.97. The SMILES string of the molecule is CS(=O)(=O)NCC1CCC(c2nnn3cnc4[nH]ccc4c23)CC1.NCC1CCC(c2nnn3cnc4[nH]ccc4c23)CC1. The Labute approximate surface area is 254 Å². The van der Waals surface area contributed by atoms with Crippen LogP contribution >= 0.6 is 0 Å². The molecule has 2 fully saturated rings. The zero-order chi connectivity index (χ0) is 30.3. The number of H-pyrrole nitrogens is 2. The summed E-state index contributed by atoms with van der Waals surface area (Å²) in [6, 6.07) is 4.06. The molecule has 15 heteroatoms. The van der Waals surface area contributed by atoms with Crippen molar-refractivity contribution >= 4 is 43.1 Å². The summed E-state index contributed by atoms with van der Waals surface area (Å²) >= 11 is 0. The maximum atomic E-state index is 11.2. The zero-order valence-corrected chi connectivity index (χ0v) is 25.5. The lowest BCUT2D eigenvalue weighted by Gasteiger charge is -2.27. The average Bonchev–Trinajstić information content (AvgIpc) is 3.85. The number of nitrogens with zero attached hydrogens (tertiary/aromatic N) is 8. The van der Waals surface area contributed by atoms with Gasteiger partial charge in [0.05, 0.1) is 17.6 Å². The Kier molecular flexibility index (Phi) is 7.76. The van der Waals surface area contributed by atoms with Crippen LogP contribution in [0.3, 0.4) is 0 Å². The van der Waals surface area contributed by atoms with Crippen LogP contribution < -0.4 is 10.5 Å². The second-order valence-electron chi connectivity index (χ2n) is 12.3. The molecule has 8 rings (SSSR count). The minimum atomic E-state index is -3.11. The number of nitrogens with one attached hydrogen (secondary N) is 3. The fraction of sp³-hybridized carbons (Fsp3) is 0.517. The Bertz CT molecular complexity index is 1990. The van der Waals surface area contributed by atoms with E-state index in [1.165, 1.54) is 19.1 Å². The van der Waals surface area contributed by atoms with E-state index in [2.05, 4.69) is 51.3 Å². The number of fused-ring (bicyclic) bond motifs is 6. The molecule has 5 N–H and O–H groups in total. The number of nitrogens with two attached hydrogens (primary N) is 1. The Morgan fingerprint density at radius 3 is 1.73 bits per heavy atom. The molecule has 0 aromatic carbocycles. The molecule has 0 atom stereocenters. The normalized spacial score (nSPS) is 23.0. The van der Waals surface area contributed by atoms with Crippen molar-refractivity contribution in [1.82, 2.24) is 54.3 Å². The van der Waals surface area contributed by atoms with Crippen LogP contribution in [-0.4, -0.2) is 77.4 Å². The van der Waals surface area contributed by atoms with Crippen molar-refractivity contribution in [2.45, 2.75) is 63.2 Å². The second-order valence-corrected chi connectivity index (χ2v) is 14.1. The van der Waals surface area contributed by atoms with Gasteiger partial charge >= 0.3 is 0 Å². The van der Waals surface area contributed by atoms with Gasteiger partial charge in [-0.05, 0) is 81.9 Å². The third-order valence-electron chi connectivity index (χ3n) is 9.43. The lowest BCUT2D eigenvalue weighted by molar-refractivity contribution is 0.323. The first-order valence-corrected chi connectivity index (χ1v) is 17.3. The molecule has 0 unspecified atom stereocenters. The molecule has 2 saturated carbocycles. The highest BCUT2D eigenvalue weighted by molar-refractivity contribution is 7.88. The highest BCUT2D eigenvalue weighted by Crippen LogP contribution is 2.38. The highest BCUT2D eigenvalue weighted by atomic mass is 32.2. The third-order valence-corrected chi connectivity index (χ3v) is 10.1. The summed E-state index contributed by atoms with van der Waals surface area (Å²) in [7, 11) is -3.11. The van der Waals surface area contributed by atoms with Crippen LogP contribution in [0.2, 0.25) is 0 Å². The molecule has 44 heavy (non-hydrogen) atoms. The smallest absolute Gasteiger partial charge is 0.208 e. The Balaban J connectivity index is 0.000000144. The molecule has 2 aliphatic rings. The molecule has 6 aromatic heterocycles. The predicted octanol–water partition coefficient (Wildman–Crippen LogP) is 3.27. The first-order chi connectivity index (χ1) is 21.4. The summed E-state index contributed by atoms with van der Waals surface area (Å²) in [5.74, 6) is 1.93. The quantitative estimate of drug-likeness (QED) is 0.217. The molecular formula is C29H38N12O2S. The zero-order valence-electron chi connectivity index (χ0n) is 24.7. The number of rotatable bonds is 6. The van der Waals surface area contributed by atoms with E-state index in [0.717, 1.165) is 89.6 Å². The summed E-state index contributed by atoms with van der Waals surface area (Å²) in [5.41, 5.74) is 11.8. The summed E-state index contributed by atoms with van der Waals surface area (Å²) < 4.78 is 28.6. The van der Waals surface area contributed by atoms with E-state index in [1.54, 1.807) is 21.7 Å². The van der Waals surface area contributed by atoms with E-state index < -0.39 is 10.0 Å². The van der Waals surface area contributed by atoms with Crippen LogP contribution in [0.1, 0.15) is 74.6 Å². The first-order valence-electron chi connectivity index (χ1n) is 15.4. The van der Waals surface area contributed by atoms with E-state index >= 15 is 0 Å². The first kappa shape index (κ1) is 28.8. The number of sulfonamides is 1. The number of aromatic nitrogens is 10. The van der Waals surface area contributed by atoms with Gasteiger partial charge in [0.25, 0.3) is 0 Å². The van der Waals surface area contributed by atoms with E-state index in [9.17, 15) is 8.42 Å². The van der Waals surface area contributed by atoms with Crippen molar-refractivity contribution in [3.8, 4) is 0 Å². The molecule has 14 nitrogen and oxygen atoms in total. The molecule has 0 spiro atoms. The van der Waals surface area contributed by atoms with Crippen molar-refractivity contribution < 1.29 is 8.42 Å². The standard InChI is InChI=1S/C15H20N6O2S.C14H18N6/c1-24(22,23)18-8-10-2-4-11(5-3-10)13-14-12-6-7-16-15(12)17-9-21(14)20-19-13;15-7-9-1-3-10(4-2-9)12-13-11-5-6-16-14(11)17-8-20(13)19-18-12/h6-7,9-11,16,18H,2-5,8H2,1H3;5-6,8-10,16H,1-4,7,15H2. The summed E-state index contributed by atoms with van der Waals surface area (Å²) in [5, 5.41) is 19.4. The van der Waals surface area contributed by atoms with E-state index in [-0.39, 0.29) is 0 Å². The van der Waals surface area contributed by atoms with Gasteiger partial charge in [0.2, 0.25) is 10.0 Å². The summed E-state index contributed by atoms with van der Waals surface area (Å²) in [6.07, 6.45) is 17.1. The third kappa shape index (κ3) is 5.66. The van der Waals surface area contributed by atoms with E-state index in [1.807, 2.05) is 18.5 Å². The van der Waals surface area contributed by atoms with Crippen molar-refractivity contribution in [1.29, 1.82) is 0 Å². The monoisotopic (exact) mass is 618 g/mol. The second kappa shape index (κ2) is 11.9. The van der Waals surface area contributed by atoms with Crippen molar-refractivity contribution in [3.05, 3.63) is 48.6 Å². The maximum absolute atomic E-state index is 11.2. The maximum Gasteiger partial charge on any atom is 0.208 e. The van der Waals surface area contributed by atoms with Gasteiger partial charge in [-0.1, -0.05) is 10.4 Å². The summed E-state index contributed by atoms with van der Waals surface area (Å²) in [6.45, 7) is 1.33. The number of aromatic amines is 2. The molecule has 2 aliphatic carbocycles. The van der Waals surface area contributed by atoms with Crippen LogP contribution in [0, 0.1) is 11.8 Å². The van der Waals surface area contributed by atoms with Gasteiger partial charge < -0.3 is 15.7 Å². The Morgan fingerprint density at radius 2 is 1.27 bits per heavy atom. The predicted molar refractivity (Wildman–Crippen MR) is 167 cm³/mol. The van der Waals surface area contributed by atoms with Gasteiger partial charge in [0.15, 0.2) is 0 Å². The molecule has 0 radical (unpaired) electrons. The van der Waals surface area contributed by atoms with Crippen LogP contribution in [0.15, 0.2) is 37.2 Å². The molecule has 232 valence electrons. The molecular weight excluding hydrogens is 580 g/mol. The van der Waals surface area contributed by atoms with Gasteiger partial charge in [-0.2, -0.15) is 0 Å². The molecule has 6 aromatic rings. The van der Waals surface area contributed by atoms with Crippen LogP contribution in [-0.2, 0) is 10.0 Å². The average molecular weight is 619 g/mol. The summed E-state index contributed by atoms with van der Waals surface area (Å²) in [4.78, 5) is 14.9. The van der Waals surface area contributed by atoms with Gasteiger partial charge in [-0.3, -0.25) is 0 Å². The highest BCUT2D eigenvalue weighted by Gasteiger charge is 2.28. The largest absolute Gasteiger partial charge is 0.346 e. The molecule has 6 heterocycles. The molecule has 0 bridgehead atoms. The Morgan fingerprint density at radius 1 is 0.795 bits per heavy atom. The minimum absolute atomic E-state index is 0.359. The fourth-order valence-corrected chi connectivity index (χ4v) is 7.51. The van der Waals surface area contributed by atoms with Crippen LogP contribution in [0.5, 0.6) is 0 Å². The molecule has 0 amide bonds. The van der Waals surface area contributed by atoms with E-state index in [0.29, 0.717) is 30.2 Å². The van der Waals surface area contributed by atoms with E-state index in [4.69, 9.17) is 5.73 Å².